The van der Waals surface area contributed by atoms with Gasteiger partial charge in [0.15, 0.2) is 0 Å². The number of aliphatic hydroxyl groups excluding tert-OH is 1. The lowest BCUT2D eigenvalue weighted by molar-refractivity contribution is -0.143. The maximum atomic E-state index is 13.1. The van der Waals surface area contributed by atoms with Gasteiger partial charge in [-0.1, -0.05) is 26.2 Å². The van der Waals surface area contributed by atoms with E-state index < -0.39 is 0 Å². The van der Waals surface area contributed by atoms with Crippen LogP contribution in [0.25, 0.3) is 0 Å². The lowest BCUT2D eigenvalue weighted by atomic mass is 9.71. The molecule has 1 aromatic heterocycles. The van der Waals surface area contributed by atoms with Gasteiger partial charge in [0.25, 0.3) is 0 Å². The van der Waals surface area contributed by atoms with E-state index in [-0.39, 0.29) is 17.4 Å². The molecule has 1 aromatic rings. The van der Waals surface area contributed by atoms with Crippen LogP contribution in [0.4, 0.5) is 5.95 Å². The predicted molar refractivity (Wildman–Crippen MR) is 109 cm³/mol. The van der Waals surface area contributed by atoms with Crippen molar-refractivity contribution in [3.05, 3.63) is 18.0 Å². The van der Waals surface area contributed by atoms with E-state index >= 15 is 0 Å². The molecule has 154 valence electrons. The Labute approximate surface area is 168 Å². The van der Waals surface area contributed by atoms with E-state index in [0.717, 1.165) is 63.3 Å². The monoisotopic (exact) mass is 386 g/mol. The minimum Gasteiger partial charge on any atom is -0.392 e. The van der Waals surface area contributed by atoms with Gasteiger partial charge in [0.1, 0.15) is 0 Å². The Balaban J connectivity index is 1.48. The quantitative estimate of drug-likeness (QED) is 0.865. The Morgan fingerprint density at radius 1 is 1.11 bits per heavy atom. The molecule has 0 unspecified atom stereocenters. The van der Waals surface area contributed by atoms with E-state index in [2.05, 4.69) is 26.7 Å². The summed E-state index contributed by atoms with van der Waals surface area (Å²) in [5.41, 5.74) is 0.880. The third-order valence-corrected chi connectivity index (χ3v) is 7.14. The number of hydrogen-bond acceptors (Lipinski definition) is 5. The topological polar surface area (TPSA) is 69.6 Å². The van der Waals surface area contributed by atoms with Crippen molar-refractivity contribution in [2.45, 2.75) is 70.8 Å². The largest absolute Gasteiger partial charge is 0.392 e. The zero-order valence-corrected chi connectivity index (χ0v) is 17.1. The summed E-state index contributed by atoms with van der Waals surface area (Å²) in [6, 6.07) is 0. The molecule has 2 atom stereocenters. The van der Waals surface area contributed by atoms with Crippen LogP contribution < -0.4 is 4.90 Å². The van der Waals surface area contributed by atoms with Gasteiger partial charge < -0.3 is 14.9 Å². The highest BCUT2D eigenvalue weighted by Gasteiger charge is 2.47. The van der Waals surface area contributed by atoms with Gasteiger partial charge in [0.05, 0.1) is 6.10 Å². The molecule has 4 rings (SSSR count). The van der Waals surface area contributed by atoms with Gasteiger partial charge in [-0.3, -0.25) is 4.79 Å². The lowest BCUT2D eigenvalue weighted by Gasteiger charge is -2.51. The second kappa shape index (κ2) is 8.36. The zero-order chi connectivity index (χ0) is 19.6. The fourth-order valence-electron chi connectivity index (χ4n) is 5.37. The number of aliphatic hydroxyl groups is 1. The molecule has 2 aliphatic heterocycles. The first-order chi connectivity index (χ1) is 13.6. The maximum absolute atomic E-state index is 13.1. The minimum atomic E-state index is -0.361. The molecule has 28 heavy (non-hydrogen) atoms. The average molecular weight is 387 g/mol. The van der Waals surface area contributed by atoms with Gasteiger partial charge in [-0.15, -0.1) is 0 Å². The average Bonchev–Trinajstić information content (AvgIpc) is 2.76. The first-order valence-corrected chi connectivity index (χ1v) is 11.1. The summed E-state index contributed by atoms with van der Waals surface area (Å²) < 4.78 is 0. The Kier molecular flexibility index (Phi) is 5.85. The van der Waals surface area contributed by atoms with Crippen molar-refractivity contribution in [2.75, 3.05) is 31.1 Å². The number of carbonyl (C=O) groups is 1. The van der Waals surface area contributed by atoms with Crippen LogP contribution in [0.2, 0.25) is 0 Å². The number of aryl methyl sites for hydroxylation is 1. The van der Waals surface area contributed by atoms with Crippen molar-refractivity contribution in [3.8, 4) is 0 Å². The molecule has 6 nitrogen and oxygen atoms in total. The molecule has 1 aliphatic carbocycles. The fraction of sp³-hybridized carbons (Fsp3) is 0.773. The molecule has 3 aliphatic rings. The summed E-state index contributed by atoms with van der Waals surface area (Å²) >= 11 is 0. The first-order valence-electron chi connectivity index (χ1n) is 11.1. The van der Waals surface area contributed by atoms with Crippen LogP contribution in [-0.4, -0.2) is 58.2 Å². The van der Waals surface area contributed by atoms with Crippen molar-refractivity contribution in [1.82, 2.24) is 14.9 Å². The van der Waals surface area contributed by atoms with E-state index in [9.17, 15) is 9.90 Å². The van der Waals surface area contributed by atoms with Crippen LogP contribution in [0.3, 0.4) is 0 Å². The van der Waals surface area contributed by atoms with E-state index in [1.807, 2.05) is 12.4 Å². The maximum Gasteiger partial charge on any atom is 0.225 e. The number of rotatable bonds is 3. The molecule has 0 radical (unpaired) electrons. The number of hydrogen-bond donors (Lipinski definition) is 1. The molecule has 0 aromatic carbocycles. The molecule has 1 spiro atoms. The Hall–Kier alpha value is -1.69. The van der Waals surface area contributed by atoms with Gasteiger partial charge in [-0.2, -0.15) is 0 Å². The zero-order valence-electron chi connectivity index (χ0n) is 17.1. The molecule has 2 saturated heterocycles. The summed E-state index contributed by atoms with van der Waals surface area (Å²) in [4.78, 5) is 26.5. The Bertz CT molecular complexity index is 674. The SMILES string of the molecule is CCc1cnc(N2CC[C@@H](O)[C@]3(CCCN(C(=O)C4CCCCC4)C3)C2)nc1. The number of nitrogens with zero attached hydrogens (tertiary/aromatic N) is 4. The van der Waals surface area contributed by atoms with Crippen LogP contribution in [0.5, 0.6) is 0 Å². The summed E-state index contributed by atoms with van der Waals surface area (Å²) in [7, 11) is 0. The highest BCUT2D eigenvalue weighted by atomic mass is 16.3. The second-order valence-corrected chi connectivity index (χ2v) is 9.03. The molecule has 1 N–H and O–H groups in total. The van der Waals surface area contributed by atoms with Crippen LogP contribution >= 0.6 is 0 Å². The summed E-state index contributed by atoms with van der Waals surface area (Å²) in [6.45, 7) is 5.11. The van der Waals surface area contributed by atoms with Gasteiger partial charge in [0.2, 0.25) is 11.9 Å². The number of carbonyl (C=O) groups excluding carboxylic acids is 1. The number of aromatic nitrogens is 2. The summed E-state index contributed by atoms with van der Waals surface area (Å²) in [5.74, 6) is 1.27. The number of piperidine rings is 2. The highest BCUT2D eigenvalue weighted by Crippen LogP contribution is 2.40. The van der Waals surface area contributed by atoms with Crippen LogP contribution in [-0.2, 0) is 11.2 Å². The number of likely N-dealkylation sites (tertiary alicyclic amines) is 1. The summed E-state index contributed by atoms with van der Waals surface area (Å²) in [6.07, 6.45) is 12.7. The predicted octanol–water partition coefficient (Wildman–Crippen LogP) is 2.80. The second-order valence-electron chi connectivity index (χ2n) is 9.03. The van der Waals surface area contributed by atoms with Crippen LogP contribution in [0, 0.1) is 11.3 Å². The third-order valence-electron chi connectivity index (χ3n) is 7.14. The molecule has 0 bridgehead atoms. The van der Waals surface area contributed by atoms with Crippen molar-refractivity contribution in [2.24, 2.45) is 11.3 Å². The van der Waals surface area contributed by atoms with E-state index in [1.165, 1.54) is 19.3 Å². The first kappa shape index (κ1) is 19.6. The van der Waals surface area contributed by atoms with Gasteiger partial charge in [0, 0.05) is 49.9 Å². The molecule has 3 fully saturated rings. The highest BCUT2D eigenvalue weighted by molar-refractivity contribution is 5.79. The lowest BCUT2D eigenvalue weighted by Crippen LogP contribution is -2.60. The Morgan fingerprint density at radius 3 is 2.57 bits per heavy atom. The number of amides is 1. The van der Waals surface area contributed by atoms with Crippen molar-refractivity contribution < 1.29 is 9.90 Å². The fourth-order valence-corrected chi connectivity index (χ4v) is 5.37. The van der Waals surface area contributed by atoms with Crippen molar-refractivity contribution in [3.63, 3.8) is 0 Å². The molecule has 3 heterocycles. The normalized spacial score (nSPS) is 29.3. The minimum absolute atomic E-state index is 0.200. The number of anilines is 1. The molecule has 6 heteroatoms. The Morgan fingerprint density at radius 2 is 1.86 bits per heavy atom. The molecule has 1 saturated carbocycles. The van der Waals surface area contributed by atoms with Crippen molar-refractivity contribution in [1.29, 1.82) is 0 Å². The van der Waals surface area contributed by atoms with Crippen LogP contribution in [0.15, 0.2) is 12.4 Å². The molecule has 1 amide bonds. The third kappa shape index (κ3) is 3.88. The van der Waals surface area contributed by atoms with E-state index in [1.54, 1.807) is 0 Å². The van der Waals surface area contributed by atoms with E-state index in [4.69, 9.17) is 0 Å². The van der Waals surface area contributed by atoms with Crippen molar-refractivity contribution >= 4 is 11.9 Å². The van der Waals surface area contributed by atoms with Gasteiger partial charge >= 0.3 is 0 Å². The summed E-state index contributed by atoms with van der Waals surface area (Å²) in [5, 5.41) is 10.9. The van der Waals surface area contributed by atoms with Gasteiger partial charge in [-0.25, -0.2) is 9.97 Å². The van der Waals surface area contributed by atoms with E-state index in [0.29, 0.717) is 18.9 Å². The molecular formula is C22H34N4O2. The van der Waals surface area contributed by atoms with Gasteiger partial charge in [-0.05, 0) is 44.1 Å². The smallest absolute Gasteiger partial charge is 0.225 e. The van der Waals surface area contributed by atoms with Crippen LogP contribution in [0.1, 0.15) is 63.9 Å². The standard InChI is InChI=1S/C22H34N4O2/c1-2-17-13-23-21(24-14-17)26-12-9-19(27)22(16-26)10-6-11-25(15-22)20(28)18-7-4-3-5-8-18/h13-14,18-19,27H,2-12,15-16H2,1H3/t19-,22+/m1/s1. The molecular weight excluding hydrogens is 352 g/mol.